The van der Waals surface area contributed by atoms with E-state index in [4.69, 9.17) is 16.7 Å². The van der Waals surface area contributed by atoms with E-state index in [2.05, 4.69) is 4.98 Å². The number of rotatable bonds is 1. The average molecular weight is 211 g/mol. The summed E-state index contributed by atoms with van der Waals surface area (Å²) in [4.78, 5) is 14.6. The standard InChI is InChI=1S/C9H7ClN2O2/c1-5-2-3-6(10)8-11-7(9(13)14)4-12(5)8/h2-4H,1H3,(H,13,14). The monoisotopic (exact) mass is 210 g/mol. The third-order valence-corrected chi connectivity index (χ3v) is 2.28. The first-order chi connectivity index (χ1) is 6.59. The number of pyridine rings is 1. The minimum atomic E-state index is -1.05. The van der Waals surface area contributed by atoms with Crippen molar-refractivity contribution in [3.63, 3.8) is 0 Å². The second kappa shape index (κ2) is 2.99. The van der Waals surface area contributed by atoms with Crippen LogP contribution in [-0.4, -0.2) is 20.5 Å². The smallest absolute Gasteiger partial charge is 0.356 e. The molecule has 2 aromatic heterocycles. The van der Waals surface area contributed by atoms with Crippen LogP contribution in [-0.2, 0) is 0 Å². The number of halogens is 1. The molecule has 0 fully saturated rings. The molecule has 0 aliphatic carbocycles. The second-order valence-electron chi connectivity index (χ2n) is 2.95. The highest BCUT2D eigenvalue weighted by atomic mass is 35.5. The van der Waals surface area contributed by atoms with E-state index in [1.54, 1.807) is 10.5 Å². The van der Waals surface area contributed by atoms with Gasteiger partial charge in [-0.25, -0.2) is 9.78 Å². The fraction of sp³-hybridized carbons (Fsp3) is 0.111. The Morgan fingerprint density at radius 3 is 2.86 bits per heavy atom. The molecule has 0 atom stereocenters. The summed E-state index contributed by atoms with van der Waals surface area (Å²) in [7, 11) is 0. The number of hydrogen-bond donors (Lipinski definition) is 1. The molecule has 72 valence electrons. The lowest BCUT2D eigenvalue weighted by Gasteiger charge is -1.98. The number of hydrogen-bond acceptors (Lipinski definition) is 2. The first-order valence-corrected chi connectivity index (χ1v) is 4.35. The summed E-state index contributed by atoms with van der Waals surface area (Å²) in [5.41, 5.74) is 1.37. The number of aromatic carboxylic acids is 1. The molecular weight excluding hydrogens is 204 g/mol. The van der Waals surface area contributed by atoms with Crippen molar-refractivity contribution in [2.75, 3.05) is 0 Å². The van der Waals surface area contributed by atoms with Gasteiger partial charge in [0.15, 0.2) is 11.3 Å². The van der Waals surface area contributed by atoms with Crippen LogP contribution in [0.5, 0.6) is 0 Å². The Kier molecular flexibility index (Phi) is 1.93. The Labute approximate surface area is 84.8 Å². The number of aromatic nitrogens is 2. The summed E-state index contributed by atoms with van der Waals surface area (Å²) in [6, 6.07) is 3.51. The summed E-state index contributed by atoms with van der Waals surface area (Å²) in [5, 5.41) is 9.20. The topological polar surface area (TPSA) is 54.6 Å². The van der Waals surface area contributed by atoms with Gasteiger partial charge in [0.25, 0.3) is 0 Å². The Morgan fingerprint density at radius 1 is 1.57 bits per heavy atom. The van der Waals surface area contributed by atoms with Crippen LogP contribution in [0.1, 0.15) is 16.2 Å². The second-order valence-corrected chi connectivity index (χ2v) is 3.35. The van der Waals surface area contributed by atoms with Crippen molar-refractivity contribution in [3.05, 3.63) is 34.7 Å². The van der Waals surface area contributed by atoms with Crippen LogP contribution in [0.25, 0.3) is 5.65 Å². The van der Waals surface area contributed by atoms with Gasteiger partial charge in [-0.05, 0) is 19.1 Å². The molecule has 1 N–H and O–H groups in total. The van der Waals surface area contributed by atoms with Crippen LogP contribution in [0, 0.1) is 6.92 Å². The van der Waals surface area contributed by atoms with Gasteiger partial charge in [0.1, 0.15) is 0 Å². The summed E-state index contributed by atoms with van der Waals surface area (Å²) in [6.07, 6.45) is 1.46. The molecule has 0 unspecified atom stereocenters. The van der Waals surface area contributed by atoms with E-state index in [0.29, 0.717) is 10.7 Å². The van der Waals surface area contributed by atoms with Crippen molar-refractivity contribution in [2.45, 2.75) is 6.92 Å². The van der Waals surface area contributed by atoms with E-state index in [-0.39, 0.29) is 5.69 Å². The lowest BCUT2D eigenvalue weighted by atomic mass is 10.4. The fourth-order valence-corrected chi connectivity index (χ4v) is 1.47. The van der Waals surface area contributed by atoms with E-state index >= 15 is 0 Å². The number of nitrogens with zero attached hydrogens (tertiary/aromatic N) is 2. The third kappa shape index (κ3) is 1.24. The average Bonchev–Trinajstić information content (AvgIpc) is 2.57. The maximum Gasteiger partial charge on any atom is 0.356 e. The van der Waals surface area contributed by atoms with Crippen molar-refractivity contribution in [1.29, 1.82) is 0 Å². The highest BCUT2D eigenvalue weighted by Gasteiger charge is 2.11. The molecule has 2 heterocycles. The highest BCUT2D eigenvalue weighted by molar-refractivity contribution is 6.33. The van der Waals surface area contributed by atoms with Gasteiger partial charge in [0.2, 0.25) is 0 Å². The number of carbonyl (C=O) groups is 1. The number of aryl methyl sites for hydroxylation is 1. The van der Waals surface area contributed by atoms with Crippen LogP contribution in [0.4, 0.5) is 0 Å². The molecule has 0 amide bonds. The largest absolute Gasteiger partial charge is 0.476 e. The van der Waals surface area contributed by atoms with Crippen molar-refractivity contribution < 1.29 is 9.90 Å². The number of fused-ring (bicyclic) bond motifs is 1. The quantitative estimate of drug-likeness (QED) is 0.783. The summed E-state index contributed by atoms with van der Waals surface area (Å²) < 4.78 is 1.66. The summed E-state index contributed by atoms with van der Waals surface area (Å²) in [6.45, 7) is 1.86. The molecule has 0 radical (unpaired) electrons. The molecule has 0 aliphatic heterocycles. The van der Waals surface area contributed by atoms with Gasteiger partial charge < -0.3 is 9.51 Å². The number of imidazole rings is 1. The van der Waals surface area contributed by atoms with Gasteiger partial charge in [-0.3, -0.25) is 0 Å². The van der Waals surface area contributed by atoms with E-state index < -0.39 is 5.97 Å². The van der Waals surface area contributed by atoms with Crippen molar-refractivity contribution in [2.24, 2.45) is 0 Å². The van der Waals surface area contributed by atoms with Gasteiger partial charge >= 0.3 is 5.97 Å². The minimum Gasteiger partial charge on any atom is -0.476 e. The molecule has 0 aliphatic rings. The molecule has 2 aromatic rings. The van der Waals surface area contributed by atoms with E-state index in [1.807, 2.05) is 13.0 Å². The predicted molar refractivity (Wildman–Crippen MR) is 51.9 cm³/mol. The highest BCUT2D eigenvalue weighted by Crippen LogP contribution is 2.18. The first-order valence-electron chi connectivity index (χ1n) is 3.97. The molecule has 14 heavy (non-hydrogen) atoms. The number of carboxylic acids is 1. The molecule has 2 rings (SSSR count). The Balaban J connectivity index is 2.82. The third-order valence-electron chi connectivity index (χ3n) is 1.99. The molecular formula is C9H7ClN2O2. The maximum atomic E-state index is 10.7. The van der Waals surface area contributed by atoms with Crippen molar-refractivity contribution >= 4 is 23.2 Å². The molecule has 4 nitrogen and oxygen atoms in total. The van der Waals surface area contributed by atoms with E-state index in [0.717, 1.165) is 5.69 Å². The van der Waals surface area contributed by atoms with Crippen molar-refractivity contribution in [3.8, 4) is 0 Å². The van der Waals surface area contributed by atoms with Crippen LogP contribution >= 0.6 is 11.6 Å². The molecule has 0 spiro atoms. The molecule has 0 aromatic carbocycles. The SMILES string of the molecule is Cc1ccc(Cl)c2nc(C(=O)O)cn12. The van der Waals surface area contributed by atoms with Gasteiger partial charge in [0, 0.05) is 11.9 Å². The fourth-order valence-electron chi connectivity index (χ4n) is 1.27. The first kappa shape index (κ1) is 9.02. The lowest BCUT2D eigenvalue weighted by molar-refractivity contribution is 0.0691. The van der Waals surface area contributed by atoms with Crippen LogP contribution < -0.4 is 0 Å². The van der Waals surface area contributed by atoms with Gasteiger partial charge in [-0.15, -0.1) is 0 Å². The zero-order chi connectivity index (χ0) is 10.3. The molecule has 0 saturated carbocycles. The molecule has 0 saturated heterocycles. The molecule has 5 heteroatoms. The molecule has 0 bridgehead atoms. The normalized spacial score (nSPS) is 10.7. The van der Waals surface area contributed by atoms with Gasteiger partial charge in [-0.1, -0.05) is 11.6 Å². The predicted octanol–water partition coefficient (Wildman–Crippen LogP) is 1.99. The Hall–Kier alpha value is -1.55. The van der Waals surface area contributed by atoms with Crippen LogP contribution in [0.3, 0.4) is 0 Å². The Bertz CT molecular complexity index is 480. The van der Waals surface area contributed by atoms with Crippen molar-refractivity contribution in [1.82, 2.24) is 9.38 Å². The van der Waals surface area contributed by atoms with E-state index in [9.17, 15) is 4.79 Å². The summed E-state index contributed by atoms with van der Waals surface area (Å²) >= 11 is 5.87. The zero-order valence-electron chi connectivity index (χ0n) is 7.36. The van der Waals surface area contributed by atoms with E-state index in [1.165, 1.54) is 6.20 Å². The van der Waals surface area contributed by atoms with Gasteiger partial charge in [-0.2, -0.15) is 0 Å². The lowest BCUT2D eigenvalue weighted by Crippen LogP contribution is -1.95. The summed E-state index contributed by atoms with van der Waals surface area (Å²) in [5.74, 6) is -1.05. The van der Waals surface area contributed by atoms with Crippen LogP contribution in [0.2, 0.25) is 5.02 Å². The van der Waals surface area contributed by atoms with Gasteiger partial charge in [0.05, 0.1) is 5.02 Å². The zero-order valence-corrected chi connectivity index (χ0v) is 8.12. The van der Waals surface area contributed by atoms with Crippen LogP contribution in [0.15, 0.2) is 18.3 Å². The minimum absolute atomic E-state index is 0.00111. The number of carboxylic acid groups (broad SMARTS) is 1. The Morgan fingerprint density at radius 2 is 2.29 bits per heavy atom. The maximum absolute atomic E-state index is 10.7.